The molecule has 0 rings (SSSR count). The van der Waals surface area contributed by atoms with Crippen LogP contribution in [0.3, 0.4) is 0 Å². The van der Waals surface area contributed by atoms with Gasteiger partial charge in [0.25, 0.3) is 10.1 Å². The Kier molecular flexibility index (Phi) is 15.1. The molecule has 0 heterocycles. The quantitative estimate of drug-likeness (QED) is 0.113. The summed E-state index contributed by atoms with van der Waals surface area (Å²) >= 11 is 0. The standard InChI is InChI=1S/C16H27NO14P2S/c1-5-26-15(20)28-9-8-27-14(19)13(30-33(23)31-32(21)22)16(3,4)11-29-34(24,25)10-6-7-17-12(2)18/h13H,5-11H2,1-4H3/p+2/t13-/m0/s1. The number of amides is 1. The molecule has 0 spiro atoms. The average Bonchev–Trinajstić information content (AvgIpc) is 2.71. The number of hydrogen-bond donors (Lipinski definition) is 2. The molecule has 34 heavy (non-hydrogen) atoms. The Hall–Kier alpha value is -1.80. The lowest BCUT2D eigenvalue weighted by Crippen LogP contribution is -2.43. The van der Waals surface area contributed by atoms with Gasteiger partial charge >= 0.3 is 28.6 Å². The number of ether oxygens (including phenoxy) is 3. The normalized spacial score (nSPS) is 13.4. The number of esters is 1. The fraction of sp³-hybridized carbons (Fsp3) is 0.812. The molecule has 0 aromatic heterocycles. The van der Waals surface area contributed by atoms with Gasteiger partial charge in [-0.2, -0.15) is 8.42 Å². The molecular weight excluding hydrogens is 524 g/mol. The van der Waals surface area contributed by atoms with Crippen LogP contribution in [0, 0.1) is 5.41 Å². The lowest BCUT2D eigenvalue weighted by molar-refractivity contribution is -0.160. The van der Waals surface area contributed by atoms with E-state index >= 15 is 0 Å². The van der Waals surface area contributed by atoms with E-state index in [9.17, 15) is 31.9 Å². The van der Waals surface area contributed by atoms with Gasteiger partial charge in [0.1, 0.15) is 13.2 Å². The van der Waals surface area contributed by atoms with Crippen LogP contribution in [0.15, 0.2) is 0 Å². The van der Waals surface area contributed by atoms with Crippen LogP contribution in [0.2, 0.25) is 0 Å². The highest BCUT2D eigenvalue weighted by Crippen LogP contribution is 2.41. The number of rotatable bonds is 17. The molecule has 0 radical (unpaired) electrons. The smallest absolute Gasteiger partial charge is 0.460 e. The topological polar surface area (TPSA) is 207 Å². The van der Waals surface area contributed by atoms with Gasteiger partial charge in [0.05, 0.1) is 19.0 Å². The van der Waals surface area contributed by atoms with Crippen molar-refractivity contribution >= 4 is 44.7 Å². The number of carbonyl (C=O) groups is 3. The van der Waals surface area contributed by atoms with Crippen LogP contribution in [-0.2, 0) is 56.1 Å². The maximum Gasteiger partial charge on any atom is 0.748 e. The summed E-state index contributed by atoms with van der Waals surface area (Å²) in [6, 6.07) is 0. The molecular formula is C16H29NO14P2S+2. The number of carbonyl (C=O) groups excluding carboxylic acids is 3. The molecule has 196 valence electrons. The molecule has 3 atom stereocenters. The van der Waals surface area contributed by atoms with Gasteiger partial charge in [0.2, 0.25) is 12.0 Å². The summed E-state index contributed by atoms with van der Waals surface area (Å²) in [6.07, 6.45) is -2.70. The first-order chi connectivity index (χ1) is 15.7. The van der Waals surface area contributed by atoms with Crippen molar-refractivity contribution in [3.05, 3.63) is 0 Å². The van der Waals surface area contributed by atoms with Crippen molar-refractivity contribution in [2.24, 2.45) is 5.41 Å². The first-order valence-electron chi connectivity index (χ1n) is 9.76. The molecule has 0 aromatic carbocycles. The van der Waals surface area contributed by atoms with E-state index < -0.39 is 69.2 Å². The minimum Gasteiger partial charge on any atom is -0.460 e. The summed E-state index contributed by atoms with van der Waals surface area (Å²) in [4.78, 5) is 43.2. The zero-order chi connectivity index (χ0) is 26.4. The third kappa shape index (κ3) is 15.2. The van der Waals surface area contributed by atoms with Crippen molar-refractivity contribution in [1.82, 2.24) is 5.32 Å². The van der Waals surface area contributed by atoms with E-state index in [-0.39, 0.29) is 32.1 Å². The molecule has 0 aliphatic carbocycles. The minimum atomic E-state index is -4.08. The summed E-state index contributed by atoms with van der Waals surface area (Å²) < 4.78 is 74.7. The van der Waals surface area contributed by atoms with E-state index in [1.165, 1.54) is 20.8 Å². The van der Waals surface area contributed by atoms with Gasteiger partial charge in [0, 0.05) is 28.0 Å². The van der Waals surface area contributed by atoms with Gasteiger partial charge in [-0.1, -0.05) is 13.8 Å². The first kappa shape index (κ1) is 32.2. The first-order valence-corrected chi connectivity index (χ1v) is 13.6. The summed E-state index contributed by atoms with van der Waals surface area (Å²) in [7, 11) is -10.7. The SMILES string of the molecule is CCOC(=O)OCCOC(=O)[C@H](O[P+](=O)O[P+](=O)O)C(C)(C)COS(=O)(=O)CCCNC(C)=O. The molecule has 0 bridgehead atoms. The van der Waals surface area contributed by atoms with Crippen LogP contribution in [0.5, 0.6) is 0 Å². The van der Waals surface area contributed by atoms with E-state index in [4.69, 9.17) is 18.3 Å². The molecule has 0 saturated carbocycles. The second kappa shape index (κ2) is 16.0. The molecule has 2 N–H and O–H groups in total. The summed E-state index contributed by atoms with van der Waals surface area (Å²) in [6.45, 7) is 4.17. The Labute approximate surface area is 198 Å². The highest BCUT2D eigenvalue weighted by molar-refractivity contribution is 7.86. The largest absolute Gasteiger partial charge is 0.748 e. The monoisotopic (exact) mass is 553 g/mol. The predicted molar refractivity (Wildman–Crippen MR) is 114 cm³/mol. The van der Waals surface area contributed by atoms with Gasteiger partial charge in [-0.05, 0) is 13.3 Å². The lowest BCUT2D eigenvalue weighted by atomic mass is 9.87. The molecule has 15 nitrogen and oxygen atoms in total. The highest BCUT2D eigenvalue weighted by Gasteiger charge is 2.49. The van der Waals surface area contributed by atoms with Crippen LogP contribution in [-0.4, -0.2) is 76.2 Å². The van der Waals surface area contributed by atoms with Crippen molar-refractivity contribution in [3.8, 4) is 0 Å². The molecule has 0 aromatic rings. The van der Waals surface area contributed by atoms with Crippen LogP contribution in [0.1, 0.15) is 34.1 Å². The van der Waals surface area contributed by atoms with E-state index in [0.717, 1.165) is 0 Å². The Morgan fingerprint density at radius 2 is 1.71 bits per heavy atom. The fourth-order valence-corrected chi connectivity index (χ4v) is 4.31. The van der Waals surface area contributed by atoms with Crippen LogP contribution in [0.4, 0.5) is 4.79 Å². The number of hydrogen-bond acceptors (Lipinski definition) is 13. The van der Waals surface area contributed by atoms with E-state index in [1.807, 2.05) is 0 Å². The van der Waals surface area contributed by atoms with E-state index in [1.54, 1.807) is 6.92 Å². The summed E-state index contributed by atoms with van der Waals surface area (Å²) in [5, 5.41) is 2.43. The molecule has 0 fully saturated rings. The lowest BCUT2D eigenvalue weighted by Gasteiger charge is -2.27. The molecule has 1 amide bonds. The van der Waals surface area contributed by atoms with Crippen molar-refractivity contribution in [1.29, 1.82) is 0 Å². The van der Waals surface area contributed by atoms with Gasteiger partial charge in [-0.3, -0.25) is 8.98 Å². The maximum absolute atomic E-state index is 12.5. The molecule has 18 heteroatoms. The maximum atomic E-state index is 12.5. The highest BCUT2D eigenvalue weighted by atomic mass is 32.2. The Bertz CT molecular complexity index is 832. The van der Waals surface area contributed by atoms with Crippen LogP contribution < -0.4 is 5.32 Å². The second-order valence-corrected chi connectivity index (χ2v) is 10.6. The van der Waals surface area contributed by atoms with E-state index in [0.29, 0.717) is 0 Å². The Balaban J connectivity index is 5.13. The zero-order valence-corrected chi connectivity index (χ0v) is 21.7. The predicted octanol–water partition coefficient (Wildman–Crippen LogP) is 1.31. The fourth-order valence-electron chi connectivity index (χ4n) is 2.06. The van der Waals surface area contributed by atoms with E-state index in [2.05, 4.69) is 19.1 Å². The van der Waals surface area contributed by atoms with Crippen LogP contribution >= 0.6 is 16.5 Å². The Morgan fingerprint density at radius 3 is 2.26 bits per heavy atom. The summed E-state index contributed by atoms with van der Waals surface area (Å²) in [5.41, 5.74) is -1.50. The molecule has 0 saturated heterocycles. The van der Waals surface area contributed by atoms with Crippen molar-refractivity contribution in [2.75, 3.05) is 38.7 Å². The molecule has 2 unspecified atom stereocenters. The summed E-state index contributed by atoms with van der Waals surface area (Å²) in [5.74, 6) is -1.93. The average molecular weight is 553 g/mol. The van der Waals surface area contributed by atoms with Gasteiger partial charge in [-0.15, -0.1) is 9.42 Å². The van der Waals surface area contributed by atoms with Gasteiger partial charge in [0.15, 0.2) is 4.31 Å². The van der Waals surface area contributed by atoms with Crippen molar-refractivity contribution in [2.45, 2.75) is 40.2 Å². The number of nitrogens with one attached hydrogen (secondary N) is 1. The van der Waals surface area contributed by atoms with Crippen LogP contribution in [0.25, 0.3) is 0 Å². The third-order valence-corrected chi connectivity index (χ3v) is 6.36. The van der Waals surface area contributed by atoms with Crippen molar-refractivity contribution in [3.63, 3.8) is 0 Å². The third-order valence-electron chi connectivity index (χ3n) is 3.62. The van der Waals surface area contributed by atoms with Crippen molar-refractivity contribution < 1.29 is 64.1 Å². The molecule has 0 aliphatic heterocycles. The Morgan fingerprint density at radius 1 is 1.09 bits per heavy atom. The zero-order valence-electron chi connectivity index (χ0n) is 19.1. The molecule has 0 aliphatic rings. The van der Waals surface area contributed by atoms with Gasteiger partial charge < -0.3 is 19.5 Å². The minimum absolute atomic E-state index is 0.0635. The second-order valence-electron chi connectivity index (χ2n) is 7.08. The van der Waals surface area contributed by atoms with Gasteiger partial charge in [-0.25, -0.2) is 9.59 Å².